The molecular formula is C10H13N3. The van der Waals surface area contributed by atoms with Gasteiger partial charge in [0.1, 0.15) is 0 Å². The summed E-state index contributed by atoms with van der Waals surface area (Å²) >= 11 is 0. The molecule has 68 valence electrons. The predicted octanol–water partition coefficient (Wildman–Crippen LogP) is 1.17. The van der Waals surface area contributed by atoms with Crippen LogP contribution in [0.15, 0.2) is 18.5 Å². The number of H-pyrrole nitrogens is 1. The monoisotopic (exact) mass is 175 g/mol. The zero-order chi connectivity index (χ0) is 8.67. The molecule has 1 aliphatic carbocycles. The van der Waals surface area contributed by atoms with E-state index in [0.29, 0.717) is 6.04 Å². The SMILES string of the molecule is C1=C(c2cn[nH]c2)C2CC(C1)CN2. The first-order valence-electron chi connectivity index (χ1n) is 4.86. The summed E-state index contributed by atoms with van der Waals surface area (Å²) in [6.07, 6.45) is 8.78. The summed E-state index contributed by atoms with van der Waals surface area (Å²) < 4.78 is 0. The Kier molecular flexibility index (Phi) is 1.52. The fourth-order valence-electron chi connectivity index (χ4n) is 2.39. The molecule has 2 aliphatic rings. The van der Waals surface area contributed by atoms with Gasteiger partial charge in [-0.1, -0.05) is 6.08 Å². The van der Waals surface area contributed by atoms with Crippen molar-refractivity contribution < 1.29 is 0 Å². The van der Waals surface area contributed by atoms with Crippen molar-refractivity contribution in [3.05, 3.63) is 24.0 Å². The van der Waals surface area contributed by atoms with E-state index in [1.54, 1.807) is 0 Å². The van der Waals surface area contributed by atoms with Gasteiger partial charge < -0.3 is 5.32 Å². The van der Waals surface area contributed by atoms with Gasteiger partial charge >= 0.3 is 0 Å². The molecule has 1 aromatic heterocycles. The van der Waals surface area contributed by atoms with Crippen LogP contribution >= 0.6 is 0 Å². The van der Waals surface area contributed by atoms with E-state index in [-0.39, 0.29) is 0 Å². The molecule has 13 heavy (non-hydrogen) atoms. The minimum absolute atomic E-state index is 0.580. The van der Waals surface area contributed by atoms with Crippen LogP contribution in [-0.2, 0) is 0 Å². The Bertz CT molecular complexity index is 326. The largest absolute Gasteiger partial charge is 0.310 e. The third kappa shape index (κ3) is 1.11. The summed E-state index contributed by atoms with van der Waals surface area (Å²) in [5, 5.41) is 10.4. The number of fused-ring (bicyclic) bond motifs is 2. The average Bonchev–Trinajstić information content (AvgIpc) is 2.77. The molecule has 3 nitrogen and oxygen atoms in total. The van der Waals surface area contributed by atoms with Crippen LogP contribution in [0.5, 0.6) is 0 Å². The van der Waals surface area contributed by atoms with E-state index in [0.717, 1.165) is 5.92 Å². The van der Waals surface area contributed by atoms with Crippen LogP contribution in [0.4, 0.5) is 0 Å². The number of hydrogen-bond donors (Lipinski definition) is 2. The average molecular weight is 175 g/mol. The predicted molar refractivity (Wildman–Crippen MR) is 51.1 cm³/mol. The van der Waals surface area contributed by atoms with Gasteiger partial charge in [-0.15, -0.1) is 0 Å². The molecule has 0 spiro atoms. The first-order valence-corrected chi connectivity index (χ1v) is 4.86. The van der Waals surface area contributed by atoms with Crippen LogP contribution in [0.25, 0.3) is 5.57 Å². The smallest absolute Gasteiger partial charge is 0.0562 e. The van der Waals surface area contributed by atoms with Gasteiger partial charge in [0.25, 0.3) is 0 Å². The van der Waals surface area contributed by atoms with Gasteiger partial charge in [0.15, 0.2) is 0 Å². The number of hydrogen-bond acceptors (Lipinski definition) is 2. The number of aromatic nitrogens is 2. The van der Waals surface area contributed by atoms with E-state index in [1.165, 1.54) is 30.5 Å². The molecule has 0 amide bonds. The molecule has 3 rings (SSSR count). The maximum Gasteiger partial charge on any atom is 0.0562 e. The highest BCUT2D eigenvalue weighted by Gasteiger charge is 2.30. The summed E-state index contributed by atoms with van der Waals surface area (Å²) in [6.45, 7) is 1.18. The van der Waals surface area contributed by atoms with Gasteiger partial charge in [-0.05, 0) is 30.9 Å². The lowest BCUT2D eigenvalue weighted by atomic mass is 9.88. The number of allylic oxidation sites excluding steroid dienone is 1. The number of aromatic amines is 1. The van der Waals surface area contributed by atoms with Gasteiger partial charge in [-0.25, -0.2) is 0 Å². The standard InChI is InChI=1S/C10H13N3/c1-2-9(8-5-12-13-6-8)10-3-7(1)4-11-10/h2,5-7,10-11H,1,3-4H2,(H,12,13). The van der Waals surface area contributed by atoms with Crippen LogP contribution in [-0.4, -0.2) is 22.8 Å². The Labute approximate surface area is 77.2 Å². The topological polar surface area (TPSA) is 40.7 Å². The Hall–Kier alpha value is -1.09. The molecule has 2 heterocycles. The van der Waals surface area contributed by atoms with Gasteiger partial charge in [-0.2, -0.15) is 5.10 Å². The molecule has 1 aliphatic heterocycles. The van der Waals surface area contributed by atoms with E-state index in [4.69, 9.17) is 0 Å². The van der Waals surface area contributed by atoms with Crippen molar-refractivity contribution in [2.24, 2.45) is 5.92 Å². The molecule has 1 aromatic rings. The zero-order valence-electron chi connectivity index (χ0n) is 7.46. The maximum atomic E-state index is 3.99. The van der Waals surface area contributed by atoms with Crippen molar-refractivity contribution in [3.63, 3.8) is 0 Å². The lowest BCUT2D eigenvalue weighted by molar-refractivity contribution is 0.574. The molecule has 2 N–H and O–H groups in total. The molecule has 1 fully saturated rings. The fraction of sp³-hybridized carbons (Fsp3) is 0.500. The first-order chi connectivity index (χ1) is 6.43. The Morgan fingerprint density at radius 2 is 2.46 bits per heavy atom. The van der Waals surface area contributed by atoms with E-state index < -0.39 is 0 Å². The maximum absolute atomic E-state index is 3.99. The molecule has 0 radical (unpaired) electrons. The highest BCUT2D eigenvalue weighted by Crippen LogP contribution is 2.33. The number of nitrogens with one attached hydrogen (secondary N) is 2. The van der Waals surface area contributed by atoms with Gasteiger partial charge in [0, 0.05) is 17.8 Å². The highest BCUT2D eigenvalue weighted by atomic mass is 15.1. The summed E-state index contributed by atoms with van der Waals surface area (Å²) in [5.74, 6) is 0.876. The molecule has 2 unspecified atom stereocenters. The Morgan fingerprint density at radius 1 is 1.46 bits per heavy atom. The van der Waals surface area contributed by atoms with Crippen molar-refractivity contribution >= 4 is 5.57 Å². The van der Waals surface area contributed by atoms with Crippen LogP contribution < -0.4 is 5.32 Å². The highest BCUT2D eigenvalue weighted by molar-refractivity contribution is 5.70. The second kappa shape index (κ2) is 2.70. The Balaban J connectivity index is 1.96. The van der Waals surface area contributed by atoms with E-state index in [2.05, 4.69) is 21.6 Å². The van der Waals surface area contributed by atoms with Gasteiger partial charge in [0.2, 0.25) is 0 Å². The molecule has 0 saturated carbocycles. The second-order valence-electron chi connectivity index (χ2n) is 3.94. The quantitative estimate of drug-likeness (QED) is 0.672. The normalized spacial score (nSPS) is 31.8. The second-order valence-corrected chi connectivity index (χ2v) is 3.94. The van der Waals surface area contributed by atoms with Crippen molar-refractivity contribution in [2.45, 2.75) is 18.9 Å². The van der Waals surface area contributed by atoms with Crippen LogP contribution in [0.2, 0.25) is 0 Å². The fourth-order valence-corrected chi connectivity index (χ4v) is 2.39. The molecule has 0 aromatic carbocycles. The zero-order valence-corrected chi connectivity index (χ0v) is 7.46. The van der Waals surface area contributed by atoms with E-state index in [9.17, 15) is 0 Å². The van der Waals surface area contributed by atoms with E-state index >= 15 is 0 Å². The molecule has 1 saturated heterocycles. The van der Waals surface area contributed by atoms with Gasteiger partial charge in [0.05, 0.1) is 6.20 Å². The minimum atomic E-state index is 0.580. The van der Waals surface area contributed by atoms with Crippen LogP contribution in [0.1, 0.15) is 18.4 Å². The third-order valence-corrected chi connectivity index (χ3v) is 3.10. The lowest BCUT2D eigenvalue weighted by Crippen LogP contribution is -2.22. The Morgan fingerprint density at radius 3 is 3.31 bits per heavy atom. The summed E-state index contributed by atoms with van der Waals surface area (Å²) in [5.41, 5.74) is 2.68. The summed E-state index contributed by atoms with van der Waals surface area (Å²) in [7, 11) is 0. The number of rotatable bonds is 1. The third-order valence-electron chi connectivity index (χ3n) is 3.10. The molecule has 3 heteroatoms. The summed E-state index contributed by atoms with van der Waals surface area (Å²) in [4.78, 5) is 0. The van der Waals surface area contributed by atoms with Crippen LogP contribution in [0, 0.1) is 5.92 Å². The van der Waals surface area contributed by atoms with Crippen molar-refractivity contribution in [1.29, 1.82) is 0 Å². The first kappa shape index (κ1) is 7.33. The van der Waals surface area contributed by atoms with Crippen molar-refractivity contribution in [2.75, 3.05) is 6.54 Å². The van der Waals surface area contributed by atoms with E-state index in [1.807, 2.05) is 12.4 Å². The van der Waals surface area contributed by atoms with Crippen molar-refractivity contribution in [3.8, 4) is 0 Å². The minimum Gasteiger partial charge on any atom is -0.310 e. The molecule has 2 bridgehead atoms. The number of nitrogens with zero attached hydrogens (tertiary/aromatic N) is 1. The van der Waals surface area contributed by atoms with Gasteiger partial charge in [-0.3, -0.25) is 5.10 Å². The molecular weight excluding hydrogens is 162 g/mol. The van der Waals surface area contributed by atoms with Crippen LogP contribution in [0.3, 0.4) is 0 Å². The van der Waals surface area contributed by atoms with Crippen molar-refractivity contribution in [1.82, 2.24) is 15.5 Å². The summed E-state index contributed by atoms with van der Waals surface area (Å²) in [6, 6.07) is 0.580. The lowest BCUT2D eigenvalue weighted by Gasteiger charge is -2.18. The molecule has 2 atom stereocenters.